The van der Waals surface area contributed by atoms with Crippen LogP contribution in [0.25, 0.3) is 0 Å². The lowest BCUT2D eigenvalue weighted by molar-refractivity contribution is -0.226. The Bertz CT molecular complexity index is 931. The van der Waals surface area contributed by atoms with Crippen LogP contribution in [0.1, 0.15) is 47.0 Å². The van der Waals surface area contributed by atoms with Gasteiger partial charge in [0.2, 0.25) is 0 Å². The first-order valence-corrected chi connectivity index (χ1v) is 12.2. The van der Waals surface area contributed by atoms with Gasteiger partial charge in [-0.05, 0) is 62.7 Å². The summed E-state index contributed by atoms with van der Waals surface area (Å²) in [6, 6.07) is 0. The van der Waals surface area contributed by atoms with Gasteiger partial charge in [-0.15, -0.1) is 0 Å². The molecule has 1 N–H and O–H groups in total. The molecular weight excluding hydrogens is 530 g/mol. The molecule has 176 valence electrons. The fraction of sp³-hybridized carbons (Fsp3) is 0.750. The number of carbonyl (C=O) groups is 2. The Morgan fingerprint density at radius 3 is 2.72 bits per heavy atom. The van der Waals surface area contributed by atoms with E-state index in [1.165, 1.54) is 12.2 Å². The quantitative estimate of drug-likeness (QED) is 0.531. The fourth-order valence-corrected chi connectivity index (χ4v) is 8.37. The highest BCUT2D eigenvalue weighted by molar-refractivity contribution is 14.1. The van der Waals surface area contributed by atoms with E-state index in [0.29, 0.717) is 18.4 Å². The predicted octanol–water partition coefficient (Wildman–Crippen LogP) is 3.65. The number of aliphatic hydroxyl groups excluding tert-OH is 1. The van der Waals surface area contributed by atoms with E-state index in [0.717, 1.165) is 0 Å². The summed E-state index contributed by atoms with van der Waals surface area (Å²) in [7, 11) is 0. The molecule has 0 radical (unpaired) electrons. The number of halogens is 2. The molecule has 4 aliphatic carbocycles. The van der Waals surface area contributed by atoms with E-state index < -0.39 is 40.6 Å². The lowest BCUT2D eigenvalue weighted by atomic mass is 9.46. The second-order valence-electron chi connectivity index (χ2n) is 11.1. The number of aliphatic hydroxyl groups is 1. The number of ether oxygens (including phenoxy) is 2. The van der Waals surface area contributed by atoms with Crippen molar-refractivity contribution in [3.63, 3.8) is 0 Å². The summed E-state index contributed by atoms with van der Waals surface area (Å²) in [6.07, 6.45) is 3.24. The number of allylic oxidation sites excluding steroid dienone is 4. The normalized spacial score (nSPS) is 50.8. The Morgan fingerprint density at radius 1 is 1.31 bits per heavy atom. The third-order valence-electron chi connectivity index (χ3n) is 9.07. The summed E-state index contributed by atoms with van der Waals surface area (Å²) >= 11 is 1.70. The third-order valence-corrected chi connectivity index (χ3v) is 9.38. The zero-order valence-corrected chi connectivity index (χ0v) is 20.9. The third kappa shape index (κ3) is 2.82. The van der Waals surface area contributed by atoms with Crippen molar-refractivity contribution in [2.24, 2.45) is 28.6 Å². The average Bonchev–Trinajstić information content (AvgIpc) is 3.09. The van der Waals surface area contributed by atoms with Crippen LogP contribution in [0.3, 0.4) is 0 Å². The lowest BCUT2D eigenvalue weighted by Gasteiger charge is -2.60. The van der Waals surface area contributed by atoms with Gasteiger partial charge in [-0.3, -0.25) is 9.59 Å². The molecule has 5 aliphatic rings. The molecule has 1 heterocycles. The first-order chi connectivity index (χ1) is 14.9. The summed E-state index contributed by atoms with van der Waals surface area (Å²) in [4.78, 5) is 25.5. The van der Waals surface area contributed by atoms with Gasteiger partial charge in [0, 0.05) is 16.7 Å². The Kier molecular flexibility index (Phi) is 5.17. The van der Waals surface area contributed by atoms with E-state index in [1.807, 2.05) is 13.8 Å². The van der Waals surface area contributed by atoms with Gasteiger partial charge in [0.15, 0.2) is 23.0 Å². The fourth-order valence-electron chi connectivity index (χ4n) is 8.09. The number of alkyl halides is 1. The molecule has 1 saturated heterocycles. The summed E-state index contributed by atoms with van der Waals surface area (Å²) in [5.74, 6) is -1.84. The van der Waals surface area contributed by atoms with E-state index in [4.69, 9.17) is 12.5 Å². The van der Waals surface area contributed by atoms with Crippen LogP contribution in [0.15, 0.2) is 23.8 Å². The summed E-state index contributed by atoms with van der Waals surface area (Å²) < 4.78 is 33.4. The number of carbonyl (C=O) groups excluding carboxylic acids is 2. The average molecular weight is 560 g/mol. The Hall–Kier alpha value is -0.680. The van der Waals surface area contributed by atoms with Gasteiger partial charge in [0.25, 0.3) is 0 Å². The molecule has 0 aromatic carbocycles. The minimum absolute atomic E-state index is 0.0715. The van der Waals surface area contributed by atoms with Crippen molar-refractivity contribution in [1.82, 2.24) is 0 Å². The van der Waals surface area contributed by atoms with E-state index >= 15 is 4.39 Å². The molecule has 0 spiro atoms. The Morgan fingerprint density at radius 2 is 2.03 bits per heavy atom. The lowest BCUT2D eigenvalue weighted by Crippen LogP contribution is -2.64. The highest BCUT2D eigenvalue weighted by Crippen LogP contribution is 2.70. The van der Waals surface area contributed by atoms with Crippen molar-refractivity contribution < 1.29 is 31.6 Å². The number of hydrogen-bond donors (Lipinski definition) is 1. The predicted molar refractivity (Wildman–Crippen MR) is 121 cm³/mol. The molecule has 3 saturated carbocycles. The second-order valence-corrected chi connectivity index (χ2v) is 11.7. The molecule has 1 aliphatic heterocycles. The minimum Gasteiger partial charge on any atom is -0.393 e. The molecule has 0 aromatic rings. The molecule has 6 nitrogen and oxygen atoms in total. The minimum atomic E-state index is -1.27. The van der Waals surface area contributed by atoms with Crippen LogP contribution >= 0.6 is 23.0 Å². The summed E-state index contributed by atoms with van der Waals surface area (Å²) in [6.45, 7) is 7.39. The van der Waals surface area contributed by atoms with Crippen molar-refractivity contribution >= 4 is 34.6 Å². The monoisotopic (exact) mass is 560 g/mol. The smallest absolute Gasteiger partial charge is 0.194 e. The van der Waals surface area contributed by atoms with Gasteiger partial charge >= 0.3 is 0 Å². The van der Waals surface area contributed by atoms with Gasteiger partial charge in [0.05, 0.1) is 12.2 Å². The van der Waals surface area contributed by atoms with E-state index in [2.05, 4.69) is 0 Å². The van der Waals surface area contributed by atoms with Crippen molar-refractivity contribution in [2.45, 2.75) is 76.7 Å². The molecule has 5 rings (SSSR count). The van der Waals surface area contributed by atoms with Gasteiger partial charge in [-0.1, -0.05) is 19.9 Å². The molecule has 8 heteroatoms. The first kappa shape index (κ1) is 23.1. The molecule has 4 fully saturated rings. The van der Waals surface area contributed by atoms with E-state index in [9.17, 15) is 14.7 Å². The highest BCUT2D eigenvalue weighted by atomic mass is 127. The van der Waals surface area contributed by atoms with E-state index in [-0.39, 0.29) is 42.3 Å². The molecule has 0 aromatic heterocycles. The highest BCUT2D eigenvalue weighted by Gasteiger charge is 2.77. The number of fused-ring (bicyclic) bond motifs is 7. The zero-order valence-electron chi connectivity index (χ0n) is 18.8. The van der Waals surface area contributed by atoms with Crippen LogP contribution in [0.5, 0.6) is 0 Å². The van der Waals surface area contributed by atoms with Crippen LogP contribution in [-0.2, 0) is 22.1 Å². The first-order valence-electron chi connectivity index (χ1n) is 11.3. The second kappa shape index (κ2) is 7.16. The molecule has 0 amide bonds. The standard InChI is InChI=1S/C24H30FIO6/c1-21(2)31-19-9-14-13-8-16(25)15-7-12(27)5-6-22(15,3)20(13)17(28)10-23(14,4)24(19,32-21)18(29)11-30-26/h5-7,13-14,16-17,19-20,28H,8-11H2,1-4H3. The van der Waals surface area contributed by atoms with Crippen LogP contribution < -0.4 is 0 Å². The van der Waals surface area contributed by atoms with Gasteiger partial charge in [-0.2, -0.15) is 0 Å². The largest absolute Gasteiger partial charge is 0.393 e. The van der Waals surface area contributed by atoms with Crippen molar-refractivity contribution in [2.75, 3.05) is 6.61 Å². The van der Waals surface area contributed by atoms with Gasteiger partial charge in [0.1, 0.15) is 35.8 Å². The van der Waals surface area contributed by atoms with Crippen molar-refractivity contribution in [3.05, 3.63) is 23.8 Å². The summed E-state index contributed by atoms with van der Waals surface area (Å²) in [5, 5.41) is 11.5. The van der Waals surface area contributed by atoms with Gasteiger partial charge < -0.3 is 17.6 Å². The molecular formula is C24H30FIO6. The SMILES string of the molecule is CC1(C)OC2CC3C4CC(F)C5=CC(=O)C=CC5(C)C4C(O)CC3(C)C2(C(=O)COI)O1. The Labute approximate surface area is 201 Å². The number of ketones is 2. The molecule has 0 bridgehead atoms. The number of hydrogen-bond acceptors (Lipinski definition) is 6. The van der Waals surface area contributed by atoms with E-state index in [1.54, 1.807) is 42.9 Å². The van der Waals surface area contributed by atoms with Gasteiger partial charge in [-0.25, -0.2) is 4.39 Å². The van der Waals surface area contributed by atoms with Crippen LogP contribution in [-0.4, -0.2) is 53.0 Å². The maximum atomic E-state index is 15.5. The zero-order chi connectivity index (χ0) is 23.3. The van der Waals surface area contributed by atoms with Crippen LogP contribution in [0, 0.1) is 28.6 Å². The molecule has 32 heavy (non-hydrogen) atoms. The maximum Gasteiger partial charge on any atom is 0.194 e. The number of rotatable bonds is 3. The molecule has 9 unspecified atom stereocenters. The molecule has 9 atom stereocenters. The maximum absolute atomic E-state index is 15.5. The topological polar surface area (TPSA) is 82.1 Å². The van der Waals surface area contributed by atoms with Crippen molar-refractivity contribution in [3.8, 4) is 0 Å². The number of Topliss-reactive ketones (excluding diaryl/α,β-unsaturated/α-hetero) is 1. The van der Waals surface area contributed by atoms with Crippen molar-refractivity contribution in [1.29, 1.82) is 0 Å². The van der Waals surface area contributed by atoms with Crippen LogP contribution in [0.4, 0.5) is 4.39 Å². The Balaban J connectivity index is 1.61. The van der Waals surface area contributed by atoms with Crippen LogP contribution in [0.2, 0.25) is 0 Å². The summed E-state index contributed by atoms with van der Waals surface area (Å²) in [5.41, 5.74) is -2.26.